The lowest BCUT2D eigenvalue weighted by Crippen LogP contribution is -2.12. The maximum absolute atomic E-state index is 12.8. The number of fused-ring (bicyclic) bond motifs is 1. The van der Waals surface area contributed by atoms with Crippen molar-refractivity contribution in [3.05, 3.63) is 77.4 Å². The maximum Gasteiger partial charge on any atom is 0.255 e. The monoisotopic (exact) mass is 428 g/mol. The number of nitrogens with zero attached hydrogens (tertiary/aromatic N) is 1. The molecule has 1 heterocycles. The summed E-state index contributed by atoms with van der Waals surface area (Å²) in [6.45, 7) is 8.55. The third-order valence-corrected chi connectivity index (χ3v) is 5.61. The van der Waals surface area contributed by atoms with Crippen molar-refractivity contribution in [2.45, 2.75) is 39.5 Å². The zero-order valence-corrected chi connectivity index (χ0v) is 19.1. The smallest absolute Gasteiger partial charge is 0.255 e. The van der Waals surface area contributed by atoms with Gasteiger partial charge in [-0.1, -0.05) is 45.9 Å². The number of ether oxygens (including phenoxy) is 1. The van der Waals surface area contributed by atoms with Crippen LogP contribution in [0.4, 0.5) is 5.69 Å². The van der Waals surface area contributed by atoms with E-state index in [4.69, 9.17) is 9.15 Å². The summed E-state index contributed by atoms with van der Waals surface area (Å²) in [6, 6.07) is 19.2. The molecule has 0 spiro atoms. The third kappa shape index (κ3) is 4.37. The number of anilines is 1. The van der Waals surface area contributed by atoms with Crippen LogP contribution in [-0.4, -0.2) is 18.0 Å². The van der Waals surface area contributed by atoms with Gasteiger partial charge in [0.25, 0.3) is 5.91 Å². The second-order valence-electron chi connectivity index (χ2n) is 8.55. The Hall–Kier alpha value is -3.60. The van der Waals surface area contributed by atoms with Gasteiger partial charge in [-0.3, -0.25) is 4.79 Å². The van der Waals surface area contributed by atoms with Crippen molar-refractivity contribution in [2.75, 3.05) is 12.4 Å². The minimum Gasteiger partial charge on any atom is -0.495 e. The van der Waals surface area contributed by atoms with Crippen molar-refractivity contribution in [3.8, 4) is 17.2 Å². The molecule has 164 valence electrons. The molecule has 4 aromatic rings. The van der Waals surface area contributed by atoms with Crippen molar-refractivity contribution in [2.24, 2.45) is 0 Å². The van der Waals surface area contributed by atoms with E-state index in [0.29, 0.717) is 34.7 Å². The molecule has 1 amide bonds. The molecule has 1 aromatic heterocycles. The first-order chi connectivity index (χ1) is 15.4. The molecule has 3 aromatic carbocycles. The minimum absolute atomic E-state index is 0.199. The molecular weight excluding hydrogens is 400 g/mol. The van der Waals surface area contributed by atoms with E-state index in [1.54, 1.807) is 13.2 Å². The second-order valence-corrected chi connectivity index (χ2v) is 8.55. The molecule has 0 aliphatic rings. The Labute approximate surface area is 188 Å². The molecule has 0 unspecified atom stereocenters. The third-order valence-electron chi connectivity index (χ3n) is 5.61. The Balaban J connectivity index is 1.64. The Morgan fingerprint density at radius 3 is 2.25 bits per heavy atom. The summed E-state index contributed by atoms with van der Waals surface area (Å²) in [5, 5.41) is 2.96. The van der Waals surface area contributed by atoms with Crippen LogP contribution < -0.4 is 10.1 Å². The number of aromatic nitrogens is 1. The van der Waals surface area contributed by atoms with Crippen LogP contribution in [-0.2, 0) is 0 Å². The second kappa shape index (κ2) is 8.87. The molecule has 4 rings (SSSR count). The predicted octanol–water partition coefficient (Wildman–Crippen LogP) is 7.00. The highest BCUT2D eigenvalue weighted by molar-refractivity contribution is 6.05. The number of carbonyl (C=O) groups excluding carboxylic acids is 1. The molecule has 0 bridgehead atoms. The van der Waals surface area contributed by atoms with Gasteiger partial charge in [-0.2, -0.15) is 0 Å². The molecule has 0 aliphatic carbocycles. The van der Waals surface area contributed by atoms with Crippen LogP contribution in [0.25, 0.3) is 22.6 Å². The van der Waals surface area contributed by atoms with Gasteiger partial charge in [-0.15, -0.1) is 0 Å². The number of methoxy groups -OCH3 is 1. The number of benzene rings is 3. The molecule has 5 nitrogen and oxygen atoms in total. The summed E-state index contributed by atoms with van der Waals surface area (Å²) in [4.78, 5) is 17.5. The lowest BCUT2D eigenvalue weighted by Gasteiger charge is -2.12. The van der Waals surface area contributed by atoms with Crippen molar-refractivity contribution >= 4 is 22.7 Å². The van der Waals surface area contributed by atoms with Gasteiger partial charge in [-0.05, 0) is 65.4 Å². The summed E-state index contributed by atoms with van der Waals surface area (Å²) in [6.07, 6.45) is 0. The number of carbonyl (C=O) groups is 1. The van der Waals surface area contributed by atoms with E-state index in [1.165, 1.54) is 11.1 Å². The van der Waals surface area contributed by atoms with Crippen LogP contribution in [0.2, 0.25) is 0 Å². The summed E-state index contributed by atoms with van der Waals surface area (Å²) in [5.74, 6) is 1.70. The van der Waals surface area contributed by atoms with Crippen LogP contribution >= 0.6 is 0 Å². The Bertz CT molecular complexity index is 1250. The van der Waals surface area contributed by atoms with Crippen LogP contribution in [0.1, 0.15) is 61.0 Å². The van der Waals surface area contributed by atoms with Crippen molar-refractivity contribution < 1.29 is 13.9 Å². The molecule has 0 radical (unpaired) electrons. The van der Waals surface area contributed by atoms with Crippen LogP contribution in [0, 0.1) is 0 Å². The van der Waals surface area contributed by atoms with Crippen molar-refractivity contribution in [1.29, 1.82) is 0 Å². The summed E-state index contributed by atoms with van der Waals surface area (Å²) in [5.41, 5.74) is 5.87. The molecule has 0 fully saturated rings. The quantitative estimate of drug-likeness (QED) is 0.359. The number of oxazole rings is 1. The summed E-state index contributed by atoms with van der Waals surface area (Å²) >= 11 is 0. The van der Waals surface area contributed by atoms with E-state index >= 15 is 0 Å². The maximum atomic E-state index is 12.8. The van der Waals surface area contributed by atoms with Gasteiger partial charge in [0.1, 0.15) is 11.3 Å². The van der Waals surface area contributed by atoms with Gasteiger partial charge in [0.2, 0.25) is 5.89 Å². The first-order valence-corrected chi connectivity index (χ1v) is 10.9. The average Bonchev–Trinajstić information content (AvgIpc) is 3.22. The lowest BCUT2D eigenvalue weighted by molar-refractivity contribution is 0.102. The van der Waals surface area contributed by atoms with E-state index in [9.17, 15) is 4.79 Å². The Kier molecular flexibility index (Phi) is 5.99. The molecule has 1 N–H and O–H groups in total. The molecule has 0 atom stereocenters. The highest BCUT2D eigenvalue weighted by Gasteiger charge is 2.15. The van der Waals surface area contributed by atoms with Gasteiger partial charge in [-0.25, -0.2) is 4.98 Å². The fraction of sp³-hybridized carbons (Fsp3) is 0.259. The highest BCUT2D eigenvalue weighted by atomic mass is 16.5. The summed E-state index contributed by atoms with van der Waals surface area (Å²) in [7, 11) is 1.58. The fourth-order valence-corrected chi connectivity index (χ4v) is 3.58. The van der Waals surface area contributed by atoms with Crippen LogP contribution in [0.5, 0.6) is 5.75 Å². The van der Waals surface area contributed by atoms with E-state index in [0.717, 1.165) is 16.7 Å². The van der Waals surface area contributed by atoms with Crippen molar-refractivity contribution in [3.63, 3.8) is 0 Å². The van der Waals surface area contributed by atoms with Gasteiger partial charge in [0, 0.05) is 11.1 Å². The largest absolute Gasteiger partial charge is 0.495 e. The normalized spacial score (nSPS) is 11.3. The first-order valence-electron chi connectivity index (χ1n) is 10.9. The van der Waals surface area contributed by atoms with Crippen molar-refractivity contribution in [1.82, 2.24) is 4.98 Å². The molecule has 0 saturated carbocycles. The average molecular weight is 429 g/mol. The number of rotatable bonds is 6. The fourth-order valence-electron chi connectivity index (χ4n) is 3.58. The minimum atomic E-state index is -0.199. The molecule has 0 aliphatic heterocycles. The standard InChI is InChI=1S/C27H28N2O3/c1-16(2)18-6-8-19(9-7-18)26(30)28-22-15-21(11-12-24(22)31-5)27-29-23-14-20(17(3)4)10-13-25(23)32-27/h6-17H,1-5H3,(H,28,30). The molecule has 0 saturated heterocycles. The van der Waals surface area contributed by atoms with E-state index < -0.39 is 0 Å². The summed E-state index contributed by atoms with van der Waals surface area (Å²) < 4.78 is 11.4. The van der Waals surface area contributed by atoms with E-state index in [1.807, 2.05) is 42.5 Å². The van der Waals surface area contributed by atoms with Gasteiger partial charge in [0.15, 0.2) is 5.58 Å². The van der Waals surface area contributed by atoms with Gasteiger partial charge < -0.3 is 14.5 Å². The van der Waals surface area contributed by atoms with Gasteiger partial charge in [0.05, 0.1) is 12.8 Å². The van der Waals surface area contributed by atoms with Crippen LogP contribution in [0.15, 0.2) is 65.1 Å². The molecule has 32 heavy (non-hydrogen) atoms. The number of hydrogen-bond donors (Lipinski definition) is 1. The number of hydrogen-bond acceptors (Lipinski definition) is 4. The zero-order chi connectivity index (χ0) is 22.8. The zero-order valence-electron chi connectivity index (χ0n) is 19.1. The molecule has 5 heteroatoms. The lowest BCUT2D eigenvalue weighted by atomic mass is 10.0. The number of nitrogens with one attached hydrogen (secondary N) is 1. The van der Waals surface area contributed by atoms with E-state index in [-0.39, 0.29) is 5.91 Å². The SMILES string of the molecule is COc1ccc(-c2nc3cc(C(C)C)ccc3o2)cc1NC(=O)c1ccc(C(C)C)cc1. The predicted molar refractivity (Wildman–Crippen MR) is 129 cm³/mol. The van der Waals surface area contributed by atoms with E-state index in [2.05, 4.69) is 50.1 Å². The number of amides is 1. The Morgan fingerprint density at radius 2 is 1.59 bits per heavy atom. The topological polar surface area (TPSA) is 64.4 Å². The van der Waals surface area contributed by atoms with Crippen LogP contribution in [0.3, 0.4) is 0 Å². The van der Waals surface area contributed by atoms with Gasteiger partial charge >= 0.3 is 0 Å². The molecular formula is C27H28N2O3. The Morgan fingerprint density at radius 1 is 0.906 bits per heavy atom. The highest BCUT2D eigenvalue weighted by Crippen LogP contribution is 2.33. The first kappa shape index (κ1) is 21.6.